The summed E-state index contributed by atoms with van der Waals surface area (Å²) in [5.41, 5.74) is 1.84. The summed E-state index contributed by atoms with van der Waals surface area (Å²) in [6.45, 7) is 4.97. The second-order valence-corrected chi connectivity index (χ2v) is 5.32. The third-order valence-electron chi connectivity index (χ3n) is 3.64. The van der Waals surface area contributed by atoms with E-state index in [1.54, 1.807) is 6.07 Å². The molecular formula is C15H22FNO. The smallest absolute Gasteiger partial charge is 0.129 e. The van der Waals surface area contributed by atoms with Gasteiger partial charge in [-0.3, -0.25) is 0 Å². The number of likely N-dealkylation sites (N-methyl/N-ethyl adjacent to an activating group) is 1. The zero-order chi connectivity index (χ0) is 13.1. The van der Waals surface area contributed by atoms with Crippen LogP contribution in [0.25, 0.3) is 0 Å². The molecule has 2 rings (SSSR count). The van der Waals surface area contributed by atoms with Gasteiger partial charge < -0.3 is 10.1 Å². The molecule has 3 heteroatoms. The summed E-state index contributed by atoms with van der Waals surface area (Å²) in [6.07, 6.45) is 1.89. The van der Waals surface area contributed by atoms with Crippen molar-refractivity contribution in [3.8, 4) is 0 Å². The lowest BCUT2D eigenvalue weighted by Crippen LogP contribution is -2.27. The Morgan fingerprint density at radius 2 is 2.22 bits per heavy atom. The van der Waals surface area contributed by atoms with E-state index in [2.05, 4.69) is 19.2 Å². The monoisotopic (exact) mass is 251 g/mol. The highest BCUT2D eigenvalue weighted by molar-refractivity contribution is 5.32. The van der Waals surface area contributed by atoms with Gasteiger partial charge in [0, 0.05) is 12.1 Å². The fourth-order valence-electron chi connectivity index (χ4n) is 2.63. The topological polar surface area (TPSA) is 21.3 Å². The molecule has 0 fully saturated rings. The molecule has 1 aliphatic heterocycles. The van der Waals surface area contributed by atoms with Crippen molar-refractivity contribution < 1.29 is 9.13 Å². The summed E-state index contributed by atoms with van der Waals surface area (Å²) in [4.78, 5) is 0. The SMILES string of the molecule is CNCC1O[C@H](C(C)C)CCc2cccc(F)c21. The molecule has 1 heterocycles. The van der Waals surface area contributed by atoms with Crippen LogP contribution in [0.3, 0.4) is 0 Å². The molecule has 0 saturated heterocycles. The van der Waals surface area contributed by atoms with Gasteiger partial charge in [-0.2, -0.15) is 0 Å². The first kappa shape index (κ1) is 13.5. The number of aryl methyl sites for hydroxylation is 1. The highest BCUT2D eigenvalue weighted by Crippen LogP contribution is 2.32. The zero-order valence-electron chi connectivity index (χ0n) is 11.4. The molecule has 0 amide bonds. The van der Waals surface area contributed by atoms with Gasteiger partial charge in [-0.1, -0.05) is 26.0 Å². The minimum Gasteiger partial charge on any atom is -0.369 e. The van der Waals surface area contributed by atoms with Crippen molar-refractivity contribution in [1.29, 1.82) is 0 Å². The van der Waals surface area contributed by atoms with Crippen LogP contribution >= 0.6 is 0 Å². The first-order chi connectivity index (χ1) is 8.63. The molecule has 1 unspecified atom stereocenters. The molecule has 1 N–H and O–H groups in total. The minimum atomic E-state index is -0.180. The van der Waals surface area contributed by atoms with E-state index in [0.29, 0.717) is 12.5 Å². The molecule has 2 nitrogen and oxygen atoms in total. The van der Waals surface area contributed by atoms with Crippen molar-refractivity contribution in [1.82, 2.24) is 5.32 Å². The molecule has 1 aromatic carbocycles. The average Bonchev–Trinajstić information content (AvgIpc) is 2.51. The molecule has 0 radical (unpaired) electrons. The molecule has 0 aromatic heterocycles. The van der Waals surface area contributed by atoms with E-state index in [1.165, 1.54) is 6.07 Å². The van der Waals surface area contributed by atoms with Gasteiger partial charge in [0.25, 0.3) is 0 Å². The molecule has 0 aliphatic carbocycles. The fourth-order valence-corrected chi connectivity index (χ4v) is 2.63. The highest BCUT2D eigenvalue weighted by Gasteiger charge is 2.28. The van der Waals surface area contributed by atoms with Crippen molar-refractivity contribution in [2.45, 2.75) is 38.9 Å². The van der Waals surface area contributed by atoms with Crippen molar-refractivity contribution in [3.63, 3.8) is 0 Å². The van der Waals surface area contributed by atoms with Crippen molar-refractivity contribution in [2.24, 2.45) is 5.92 Å². The van der Waals surface area contributed by atoms with E-state index < -0.39 is 0 Å². The molecular weight excluding hydrogens is 229 g/mol. The summed E-state index contributed by atoms with van der Waals surface area (Å²) < 4.78 is 20.2. The van der Waals surface area contributed by atoms with Gasteiger partial charge in [0.05, 0.1) is 12.2 Å². The van der Waals surface area contributed by atoms with Gasteiger partial charge >= 0.3 is 0 Å². The highest BCUT2D eigenvalue weighted by atomic mass is 19.1. The van der Waals surface area contributed by atoms with Crippen LogP contribution in [0.1, 0.15) is 37.5 Å². The van der Waals surface area contributed by atoms with Crippen molar-refractivity contribution in [3.05, 3.63) is 35.1 Å². The molecule has 1 aromatic rings. The zero-order valence-corrected chi connectivity index (χ0v) is 11.4. The second kappa shape index (κ2) is 5.81. The van der Waals surface area contributed by atoms with E-state index in [9.17, 15) is 4.39 Å². The molecule has 0 saturated carbocycles. The normalized spacial score (nSPS) is 23.8. The Bertz CT molecular complexity index is 405. The van der Waals surface area contributed by atoms with E-state index in [-0.39, 0.29) is 18.0 Å². The Morgan fingerprint density at radius 3 is 2.89 bits per heavy atom. The Morgan fingerprint density at radius 1 is 1.44 bits per heavy atom. The standard InChI is InChI=1S/C15H22FNO/c1-10(2)13-8-7-11-5-4-6-12(16)15(11)14(18-13)9-17-3/h4-6,10,13-14,17H,7-9H2,1-3H3/t13-,14?/m0/s1. The maximum Gasteiger partial charge on any atom is 0.129 e. The summed E-state index contributed by atoms with van der Waals surface area (Å²) in [6, 6.07) is 5.34. The number of nitrogens with one attached hydrogen (secondary N) is 1. The van der Waals surface area contributed by atoms with Gasteiger partial charge in [0.1, 0.15) is 5.82 Å². The van der Waals surface area contributed by atoms with Crippen molar-refractivity contribution in [2.75, 3.05) is 13.6 Å². The molecule has 1 aliphatic rings. The predicted octanol–water partition coefficient (Wildman–Crippen LogP) is 3.07. The molecule has 18 heavy (non-hydrogen) atoms. The van der Waals surface area contributed by atoms with Gasteiger partial charge in [-0.15, -0.1) is 0 Å². The van der Waals surface area contributed by atoms with Crippen LogP contribution < -0.4 is 5.32 Å². The predicted molar refractivity (Wildman–Crippen MR) is 71.1 cm³/mol. The second-order valence-electron chi connectivity index (χ2n) is 5.32. The van der Waals surface area contributed by atoms with Crippen LogP contribution in [0.4, 0.5) is 4.39 Å². The van der Waals surface area contributed by atoms with Crippen molar-refractivity contribution >= 4 is 0 Å². The third-order valence-corrected chi connectivity index (χ3v) is 3.64. The molecule has 0 bridgehead atoms. The summed E-state index contributed by atoms with van der Waals surface area (Å²) in [5.74, 6) is 0.318. The number of hydrogen-bond donors (Lipinski definition) is 1. The van der Waals surface area contributed by atoms with Crippen LogP contribution in [0.2, 0.25) is 0 Å². The fraction of sp³-hybridized carbons (Fsp3) is 0.600. The largest absolute Gasteiger partial charge is 0.369 e. The summed E-state index contributed by atoms with van der Waals surface area (Å²) in [5, 5.41) is 3.10. The van der Waals surface area contributed by atoms with E-state index in [1.807, 2.05) is 13.1 Å². The average molecular weight is 251 g/mol. The summed E-state index contributed by atoms with van der Waals surface area (Å²) >= 11 is 0. The Kier molecular flexibility index (Phi) is 4.36. The van der Waals surface area contributed by atoms with Crippen LogP contribution in [0.15, 0.2) is 18.2 Å². The Labute approximate surface area is 109 Å². The third kappa shape index (κ3) is 2.73. The molecule has 2 atom stereocenters. The maximum absolute atomic E-state index is 14.0. The quantitative estimate of drug-likeness (QED) is 0.891. The summed E-state index contributed by atoms with van der Waals surface area (Å²) in [7, 11) is 1.87. The first-order valence-corrected chi connectivity index (χ1v) is 6.70. The lowest BCUT2D eigenvalue weighted by Gasteiger charge is -2.25. The van der Waals surface area contributed by atoms with E-state index in [0.717, 1.165) is 24.0 Å². The van der Waals surface area contributed by atoms with E-state index >= 15 is 0 Å². The van der Waals surface area contributed by atoms with Gasteiger partial charge in [-0.05, 0) is 37.4 Å². The van der Waals surface area contributed by atoms with E-state index in [4.69, 9.17) is 4.74 Å². The number of ether oxygens (including phenoxy) is 1. The van der Waals surface area contributed by atoms with Crippen LogP contribution in [-0.2, 0) is 11.2 Å². The maximum atomic E-state index is 14.0. The Hall–Kier alpha value is -0.930. The number of benzene rings is 1. The first-order valence-electron chi connectivity index (χ1n) is 6.70. The number of rotatable bonds is 3. The molecule has 0 spiro atoms. The Balaban J connectivity index is 2.34. The van der Waals surface area contributed by atoms with Gasteiger partial charge in [0.15, 0.2) is 0 Å². The van der Waals surface area contributed by atoms with Crippen LogP contribution in [-0.4, -0.2) is 19.7 Å². The molecule has 100 valence electrons. The minimum absolute atomic E-state index is 0.142. The number of fused-ring (bicyclic) bond motifs is 1. The van der Waals surface area contributed by atoms with Crippen LogP contribution in [0.5, 0.6) is 0 Å². The number of hydrogen-bond acceptors (Lipinski definition) is 2. The van der Waals surface area contributed by atoms with Gasteiger partial charge in [0.2, 0.25) is 0 Å². The number of halogens is 1. The van der Waals surface area contributed by atoms with Gasteiger partial charge in [-0.25, -0.2) is 4.39 Å². The van der Waals surface area contributed by atoms with Crippen LogP contribution in [0, 0.1) is 11.7 Å². The lowest BCUT2D eigenvalue weighted by atomic mass is 9.97. The lowest BCUT2D eigenvalue weighted by molar-refractivity contribution is -0.0359.